The summed E-state index contributed by atoms with van der Waals surface area (Å²) < 4.78 is 33.6. The topological polar surface area (TPSA) is 152 Å². The van der Waals surface area contributed by atoms with Gasteiger partial charge in [-0.05, 0) is 70.6 Å². The lowest BCUT2D eigenvalue weighted by Gasteiger charge is -2.28. The van der Waals surface area contributed by atoms with Gasteiger partial charge in [-0.2, -0.15) is 0 Å². The smallest absolute Gasteiger partial charge is 0.306 e. The molecule has 332 valence electrons. The van der Waals surface area contributed by atoms with Crippen molar-refractivity contribution in [2.75, 3.05) is 47.5 Å². The fourth-order valence-electron chi connectivity index (χ4n) is 5.11. The van der Waals surface area contributed by atoms with Gasteiger partial charge < -0.3 is 38.1 Å². The van der Waals surface area contributed by atoms with Crippen molar-refractivity contribution < 1.29 is 52.3 Å². The summed E-state index contributed by atoms with van der Waals surface area (Å²) in [6, 6.07) is 0. The normalized spacial score (nSPS) is 15.5. The predicted molar refractivity (Wildman–Crippen MR) is 234 cm³/mol. The fourth-order valence-corrected chi connectivity index (χ4v) is 5.84. The second-order valence-electron chi connectivity index (χ2n) is 15.4. The van der Waals surface area contributed by atoms with Crippen molar-refractivity contribution in [3.63, 3.8) is 0 Å². The Labute approximate surface area is 351 Å². The number of unbranched alkanes of at least 4 members (excludes halogenated alkanes) is 7. The molecule has 0 aromatic heterocycles. The fraction of sp³-hybridized carbons (Fsp3) is 0.652. The van der Waals surface area contributed by atoms with Crippen LogP contribution in [0.4, 0.5) is 0 Å². The molecule has 0 saturated carbocycles. The van der Waals surface area contributed by atoms with E-state index in [1.165, 1.54) is 19.3 Å². The zero-order valence-electron chi connectivity index (χ0n) is 36.4. The van der Waals surface area contributed by atoms with E-state index in [0.717, 1.165) is 57.8 Å². The number of hydrogen-bond acceptors (Lipinski definition) is 10. The number of aliphatic hydroxyl groups is 2. The van der Waals surface area contributed by atoms with Crippen LogP contribution in [0.25, 0.3) is 0 Å². The highest BCUT2D eigenvalue weighted by Gasteiger charge is 2.21. The second-order valence-corrected chi connectivity index (χ2v) is 16.8. The first kappa shape index (κ1) is 55.1. The van der Waals surface area contributed by atoms with Gasteiger partial charge in [0.15, 0.2) is 6.10 Å². The van der Waals surface area contributed by atoms with Gasteiger partial charge in [0.05, 0.1) is 40.0 Å². The van der Waals surface area contributed by atoms with Crippen molar-refractivity contribution in [2.24, 2.45) is 0 Å². The number of carbonyl (C=O) groups excluding carboxylic acids is 2. The number of nitrogens with zero attached hydrogens (tertiary/aromatic N) is 1. The average Bonchev–Trinajstić information content (AvgIpc) is 3.16. The van der Waals surface area contributed by atoms with Crippen LogP contribution in [0.5, 0.6) is 0 Å². The molecule has 0 aliphatic carbocycles. The molecule has 0 bridgehead atoms. The third kappa shape index (κ3) is 39.9. The van der Waals surface area contributed by atoms with Crippen molar-refractivity contribution in [1.82, 2.24) is 0 Å². The number of quaternary nitrogens is 1. The molecule has 4 atom stereocenters. The van der Waals surface area contributed by atoms with Crippen LogP contribution in [0.2, 0.25) is 0 Å². The second kappa shape index (κ2) is 37.1. The van der Waals surface area contributed by atoms with Crippen molar-refractivity contribution >= 4 is 19.8 Å². The number of esters is 2. The van der Waals surface area contributed by atoms with Crippen LogP contribution >= 0.6 is 7.82 Å². The van der Waals surface area contributed by atoms with Gasteiger partial charge in [-0.15, -0.1) is 0 Å². The van der Waals surface area contributed by atoms with Gasteiger partial charge >= 0.3 is 11.9 Å². The number of aliphatic hydroxyl groups excluding tert-OH is 2. The van der Waals surface area contributed by atoms with Crippen LogP contribution in [-0.4, -0.2) is 92.5 Å². The van der Waals surface area contributed by atoms with Gasteiger partial charge in [0.2, 0.25) is 0 Å². The molecule has 0 saturated heterocycles. The first-order chi connectivity index (χ1) is 27.8. The maximum absolute atomic E-state index is 12.6. The van der Waals surface area contributed by atoms with Crippen LogP contribution < -0.4 is 4.89 Å². The van der Waals surface area contributed by atoms with Crippen molar-refractivity contribution in [1.29, 1.82) is 0 Å². The Kier molecular flexibility index (Phi) is 35.3. The molecule has 1 unspecified atom stereocenters. The van der Waals surface area contributed by atoms with E-state index in [-0.39, 0.29) is 26.1 Å². The third-order valence-electron chi connectivity index (χ3n) is 8.60. The highest BCUT2D eigenvalue weighted by molar-refractivity contribution is 7.45. The summed E-state index contributed by atoms with van der Waals surface area (Å²) in [5.74, 6) is -1.12. The summed E-state index contributed by atoms with van der Waals surface area (Å²) in [5.41, 5.74) is 0. The Morgan fingerprint density at radius 1 is 0.638 bits per heavy atom. The number of phosphoric acid groups is 1. The Morgan fingerprint density at radius 3 is 1.74 bits per heavy atom. The zero-order valence-corrected chi connectivity index (χ0v) is 37.3. The molecule has 2 N–H and O–H groups in total. The van der Waals surface area contributed by atoms with Gasteiger partial charge in [0, 0.05) is 12.8 Å². The van der Waals surface area contributed by atoms with E-state index in [1.807, 2.05) is 51.5 Å². The average molecular weight is 836 g/mol. The van der Waals surface area contributed by atoms with E-state index < -0.39 is 44.7 Å². The first-order valence-corrected chi connectivity index (χ1v) is 23.0. The summed E-state index contributed by atoms with van der Waals surface area (Å²) in [6.45, 7) is 3.75. The van der Waals surface area contributed by atoms with Crippen molar-refractivity contribution in [3.05, 3.63) is 85.1 Å². The molecule has 0 spiro atoms. The van der Waals surface area contributed by atoms with E-state index in [0.29, 0.717) is 36.7 Å². The van der Waals surface area contributed by atoms with Crippen LogP contribution in [-0.2, 0) is 32.7 Å². The van der Waals surface area contributed by atoms with Gasteiger partial charge in [-0.3, -0.25) is 14.2 Å². The Balaban J connectivity index is 4.70. The molecular weight excluding hydrogens is 757 g/mol. The summed E-state index contributed by atoms with van der Waals surface area (Å²) in [4.78, 5) is 37.5. The SMILES string of the molecule is CCCCC/C=C\C/C=C\C/C=C\CCCCC(=O)O[C@H](COC(=O)CCC[C@@H](O)/C=C/C=C\C/C=C\C=C\[C@@H](O)CCCCC)COP(=O)([O-])OCC[N+](C)(C)C. The van der Waals surface area contributed by atoms with E-state index in [4.69, 9.17) is 18.5 Å². The van der Waals surface area contributed by atoms with Crippen LogP contribution in [0.1, 0.15) is 129 Å². The summed E-state index contributed by atoms with van der Waals surface area (Å²) in [5, 5.41) is 20.2. The van der Waals surface area contributed by atoms with E-state index in [2.05, 4.69) is 50.3 Å². The Bertz CT molecular complexity index is 1300. The third-order valence-corrected chi connectivity index (χ3v) is 9.56. The van der Waals surface area contributed by atoms with Crippen molar-refractivity contribution in [2.45, 2.75) is 148 Å². The number of likely N-dealkylation sites (N-methyl/N-ethyl adjacent to an activating group) is 1. The van der Waals surface area contributed by atoms with Gasteiger partial charge in [-0.1, -0.05) is 131 Å². The monoisotopic (exact) mass is 836 g/mol. The molecule has 0 radical (unpaired) electrons. The summed E-state index contributed by atoms with van der Waals surface area (Å²) in [6.07, 6.45) is 39.7. The molecule has 0 aromatic carbocycles. The van der Waals surface area contributed by atoms with Crippen molar-refractivity contribution in [3.8, 4) is 0 Å². The highest BCUT2D eigenvalue weighted by Crippen LogP contribution is 2.38. The van der Waals surface area contributed by atoms with Gasteiger partial charge in [0.1, 0.15) is 19.8 Å². The molecule has 0 heterocycles. The molecule has 12 heteroatoms. The first-order valence-electron chi connectivity index (χ1n) is 21.5. The molecular formula is C46H78NO10P. The van der Waals surface area contributed by atoms with Crippen LogP contribution in [0, 0.1) is 0 Å². The Hall–Kier alpha value is -2.89. The molecule has 0 rings (SSSR count). The van der Waals surface area contributed by atoms with E-state index in [1.54, 1.807) is 18.2 Å². The minimum atomic E-state index is -4.69. The number of allylic oxidation sites excluding steroid dienone is 12. The lowest BCUT2D eigenvalue weighted by Crippen LogP contribution is -2.37. The molecule has 0 aromatic rings. The van der Waals surface area contributed by atoms with Gasteiger partial charge in [0.25, 0.3) is 7.82 Å². The van der Waals surface area contributed by atoms with Gasteiger partial charge in [-0.25, -0.2) is 0 Å². The molecule has 0 fully saturated rings. The van der Waals surface area contributed by atoms with E-state index >= 15 is 0 Å². The maximum Gasteiger partial charge on any atom is 0.306 e. The Morgan fingerprint density at radius 2 is 1.16 bits per heavy atom. The van der Waals surface area contributed by atoms with Crippen LogP contribution in [0.15, 0.2) is 85.1 Å². The lowest BCUT2D eigenvalue weighted by atomic mass is 10.1. The quantitative estimate of drug-likeness (QED) is 0.0155. The molecule has 11 nitrogen and oxygen atoms in total. The number of phosphoric ester groups is 1. The molecule has 0 amide bonds. The van der Waals surface area contributed by atoms with E-state index in [9.17, 15) is 29.3 Å². The largest absolute Gasteiger partial charge is 0.756 e. The maximum atomic E-state index is 12.6. The number of carbonyl (C=O) groups is 2. The molecule has 0 aliphatic rings. The molecule has 0 aliphatic heterocycles. The number of rotatable bonds is 37. The zero-order chi connectivity index (χ0) is 43.2. The number of hydrogen-bond donors (Lipinski definition) is 2. The van der Waals surface area contributed by atoms with Crippen LogP contribution in [0.3, 0.4) is 0 Å². The summed E-state index contributed by atoms with van der Waals surface area (Å²) >= 11 is 0. The summed E-state index contributed by atoms with van der Waals surface area (Å²) in [7, 11) is 0.997. The minimum Gasteiger partial charge on any atom is -0.756 e. The standard InChI is InChI=1S/C46H78NO10P/c1-6-8-10-11-12-13-14-15-16-17-18-19-23-26-30-36-46(51)57-44(41-56-58(52,53)55-39-38-47(3,4)5)40-54-45(50)37-31-35-43(49)34-29-25-22-20-21-24-28-33-42(48)32-27-9-7-2/h12-13,15-16,18-19,21-22,24-25,28-29,33-34,42-44,48-49H,6-11,14,17,20,23,26-27,30-32,35-41H2,1-5H3/b13-12-,16-15-,19-18-,24-21-,25-22-,33-28+,34-29+/t42-,43-,44+/m0/s1. The highest BCUT2D eigenvalue weighted by atomic mass is 31.2. The number of ether oxygens (including phenoxy) is 2. The molecule has 58 heavy (non-hydrogen) atoms. The minimum absolute atomic E-state index is 0.0154. The predicted octanol–water partition coefficient (Wildman–Crippen LogP) is 9.33. The lowest BCUT2D eigenvalue weighted by molar-refractivity contribution is -0.870.